The van der Waals surface area contributed by atoms with Crippen LogP contribution in [-0.4, -0.2) is 20.1 Å². The van der Waals surface area contributed by atoms with Crippen LogP contribution < -0.4 is 4.65 Å². The van der Waals surface area contributed by atoms with E-state index in [1.165, 1.54) is 22.9 Å². The van der Waals surface area contributed by atoms with E-state index in [-0.39, 0.29) is 9.68 Å². The van der Waals surface area contributed by atoms with E-state index in [0.29, 0.717) is 0 Å². The fourth-order valence-corrected chi connectivity index (χ4v) is 2.12. The summed E-state index contributed by atoms with van der Waals surface area (Å²) in [5.41, 5.74) is 0. The lowest BCUT2D eigenvalue weighted by Gasteiger charge is -1.88. The second-order valence-corrected chi connectivity index (χ2v) is 5.49. The zero-order valence-electron chi connectivity index (χ0n) is 4.62. The van der Waals surface area contributed by atoms with E-state index in [2.05, 4.69) is 11.6 Å². The van der Waals surface area contributed by atoms with Gasteiger partial charge in [-0.05, 0) is 0 Å². The van der Waals surface area contributed by atoms with Crippen molar-refractivity contribution in [3.05, 3.63) is 0 Å². The first-order chi connectivity index (χ1) is 2.91. The zero-order valence-corrected chi connectivity index (χ0v) is 8.04. The van der Waals surface area contributed by atoms with Crippen LogP contribution in [0.4, 0.5) is 0 Å². The van der Waals surface area contributed by atoms with E-state index in [9.17, 15) is 0 Å². The lowest BCUT2D eigenvalue weighted by atomic mass is 10.6. The minimum Gasteiger partial charge on any atom is -0.372 e. The van der Waals surface area contributed by atoms with Crippen LogP contribution in [0, 0.1) is 0 Å². The molecule has 6 heavy (non-hydrogen) atoms. The summed E-state index contributed by atoms with van der Waals surface area (Å²) in [7, 11) is 1.45. The van der Waals surface area contributed by atoms with E-state index in [1.54, 1.807) is 0 Å². The van der Waals surface area contributed by atoms with Crippen molar-refractivity contribution in [3.63, 3.8) is 0 Å². The van der Waals surface area contributed by atoms with Crippen LogP contribution in [0.2, 0.25) is 6.04 Å². The monoisotopic (exact) mass is 119 g/mol. The Morgan fingerprint density at radius 3 is 2.67 bits per heavy atom. The van der Waals surface area contributed by atoms with Crippen LogP contribution >= 0.6 is 0 Å². The predicted octanol–water partition coefficient (Wildman–Crippen LogP) is -1.23. The molecule has 0 saturated heterocycles. The van der Waals surface area contributed by atoms with Crippen LogP contribution in [0.15, 0.2) is 0 Å². The van der Waals surface area contributed by atoms with E-state index >= 15 is 0 Å². The molecule has 0 aromatic rings. The normalized spacial score (nSPS) is 11.5. The van der Waals surface area contributed by atoms with Crippen molar-refractivity contribution >= 4 is 20.1 Å². The Morgan fingerprint density at radius 2 is 2.50 bits per heavy atom. The van der Waals surface area contributed by atoms with E-state index < -0.39 is 0 Å². The number of hydrogen-bond acceptors (Lipinski definition) is 1. The molecule has 0 aliphatic rings. The molecule has 0 aromatic heterocycles. The largest absolute Gasteiger partial charge is 0.372 e. The third-order valence-corrected chi connectivity index (χ3v) is 3.84. The first-order valence-electron chi connectivity index (χ1n) is 2.56. The molecule has 0 radical (unpaired) electrons. The van der Waals surface area contributed by atoms with Gasteiger partial charge in [0, 0.05) is 0 Å². The molecule has 0 aromatic carbocycles. The topological polar surface area (TPSA) is 12.0 Å². The number of nitrogens with one attached hydrogen (secondary N) is 1. The molecule has 0 atom stereocenters. The van der Waals surface area contributed by atoms with E-state index in [0.717, 1.165) is 0 Å². The van der Waals surface area contributed by atoms with Crippen molar-refractivity contribution in [2.75, 3.05) is 0 Å². The molecule has 38 valence electrons. The van der Waals surface area contributed by atoms with Crippen LogP contribution in [-0.2, 0) is 0 Å². The summed E-state index contributed by atoms with van der Waals surface area (Å²) in [5, 5.41) is 0. The van der Waals surface area contributed by atoms with Crippen LogP contribution in [0.25, 0.3) is 0 Å². The smallest absolute Gasteiger partial charge is 0.0842 e. The summed E-state index contributed by atoms with van der Waals surface area (Å²) in [6.45, 7) is 2.24. The van der Waals surface area contributed by atoms with Gasteiger partial charge in [-0.3, -0.25) is 0 Å². The summed E-state index contributed by atoms with van der Waals surface area (Å²) >= 11 is 0. The second kappa shape index (κ2) is 5.39. The van der Waals surface area contributed by atoms with E-state index in [1.807, 2.05) is 0 Å². The lowest BCUT2D eigenvalue weighted by Crippen LogP contribution is -2.12. The summed E-state index contributed by atoms with van der Waals surface area (Å²) < 4.78 is 3.35. The summed E-state index contributed by atoms with van der Waals surface area (Å²) in [5.74, 6) is 0. The maximum absolute atomic E-state index is 3.35. The average molecular weight is 119 g/mol. The molecular formula is C3H13NSi2. The molecule has 0 aliphatic carbocycles. The van der Waals surface area contributed by atoms with Crippen molar-refractivity contribution in [2.45, 2.75) is 19.4 Å². The molecule has 0 spiro atoms. The van der Waals surface area contributed by atoms with Gasteiger partial charge in [-0.15, -0.1) is 0 Å². The quantitative estimate of drug-likeness (QED) is 0.362. The fourth-order valence-electron chi connectivity index (χ4n) is 0.354. The van der Waals surface area contributed by atoms with Crippen molar-refractivity contribution in [1.29, 1.82) is 0 Å². The maximum atomic E-state index is 3.35. The molecule has 0 rings (SSSR count). The molecular weight excluding hydrogens is 106 g/mol. The van der Waals surface area contributed by atoms with Gasteiger partial charge < -0.3 is 4.65 Å². The average Bonchev–Trinajstić information content (AvgIpc) is 1.61. The first kappa shape index (κ1) is 6.39. The van der Waals surface area contributed by atoms with Crippen LogP contribution in [0.1, 0.15) is 13.3 Å². The molecule has 0 heterocycles. The van der Waals surface area contributed by atoms with Crippen molar-refractivity contribution in [3.8, 4) is 0 Å². The summed E-state index contributed by atoms with van der Waals surface area (Å²) in [4.78, 5) is 0. The molecule has 0 fully saturated rings. The molecule has 0 bridgehead atoms. The van der Waals surface area contributed by atoms with Gasteiger partial charge in [-0.2, -0.15) is 0 Å². The lowest BCUT2D eigenvalue weighted by molar-refractivity contribution is 1.07. The molecule has 0 amide bonds. The molecule has 0 saturated carbocycles. The summed E-state index contributed by atoms with van der Waals surface area (Å²) in [6.07, 6.45) is 1.38. The van der Waals surface area contributed by atoms with Gasteiger partial charge in [0.25, 0.3) is 0 Å². The molecule has 3 heteroatoms. The maximum Gasteiger partial charge on any atom is 0.0842 e. The standard InChI is InChI=1S/C3H13NSi2/c1-2-3-6-4-5/h4H,2-3,6H2,1,5H3. The predicted molar refractivity (Wildman–Crippen MR) is 36.7 cm³/mol. The van der Waals surface area contributed by atoms with Gasteiger partial charge in [-0.25, -0.2) is 0 Å². The van der Waals surface area contributed by atoms with Gasteiger partial charge in [0.1, 0.15) is 0 Å². The highest BCUT2D eigenvalue weighted by molar-refractivity contribution is 6.41. The Labute approximate surface area is 44.9 Å². The highest BCUT2D eigenvalue weighted by Crippen LogP contribution is 1.79. The van der Waals surface area contributed by atoms with Crippen LogP contribution in [0.5, 0.6) is 0 Å². The Morgan fingerprint density at radius 1 is 1.83 bits per heavy atom. The summed E-state index contributed by atoms with van der Waals surface area (Å²) in [6, 6.07) is 1.48. The molecule has 0 aliphatic heterocycles. The number of hydrogen-bond donors (Lipinski definition) is 1. The van der Waals surface area contributed by atoms with Gasteiger partial charge in [0.05, 0.1) is 20.1 Å². The highest BCUT2D eigenvalue weighted by atomic mass is 28.3. The van der Waals surface area contributed by atoms with Gasteiger partial charge in [-0.1, -0.05) is 19.4 Å². The third kappa shape index (κ3) is 4.39. The molecule has 1 nitrogen and oxygen atoms in total. The van der Waals surface area contributed by atoms with Gasteiger partial charge in [0.2, 0.25) is 0 Å². The van der Waals surface area contributed by atoms with Crippen molar-refractivity contribution < 1.29 is 0 Å². The van der Waals surface area contributed by atoms with Gasteiger partial charge in [0.15, 0.2) is 0 Å². The van der Waals surface area contributed by atoms with E-state index in [4.69, 9.17) is 0 Å². The second-order valence-electron chi connectivity index (χ2n) is 1.46. The highest BCUT2D eigenvalue weighted by Gasteiger charge is 1.75. The first-order valence-corrected chi connectivity index (χ1v) is 5.27. The Hall–Kier alpha value is 0.394. The molecule has 0 unspecified atom stereocenters. The Balaban J connectivity index is 2.34. The zero-order chi connectivity index (χ0) is 4.83. The van der Waals surface area contributed by atoms with Gasteiger partial charge >= 0.3 is 0 Å². The third-order valence-electron chi connectivity index (χ3n) is 0.780. The SMILES string of the molecule is CCC[SiH2]N[SiH3]. The Bertz CT molecular complexity index is 20.8. The van der Waals surface area contributed by atoms with Crippen molar-refractivity contribution in [2.24, 2.45) is 0 Å². The fraction of sp³-hybridized carbons (Fsp3) is 1.00. The Kier molecular flexibility index (Phi) is 5.75. The van der Waals surface area contributed by atoms with Crippen molar-refractivity contribution in [1.82, 2.24) is 4.65 Å². The minimum absolute atomic E-state index is 0.233. The number of rotatable bonds is 3. The molecule has 1 N–H and O–H groups in total. The minimum atomic E-state index is 0.233. The van der Waals surface area contributed by atoms with Crippen LogP contribution in [0.3, 0.4) is 0 Å².